The fraction of sp³-hybridized carbons (Fsp3) is 0. The van der Waals surface area contributed by atoms with Gasteiger partial charge in [-0.15, -0.1) is 0 Å². The fourth-order valence-corrected chi connectivity index (χ4v) is 1.93. The number of aromatic amines is 1. The highest BCUT2D eigenvalue weighted by molar-refractivity contribution is 6.02. The fourth-order valence-electron chi connectivity index (χ4n) is 1.93. The van der Waals surface area contributed by atoms with Gasteiger partial charge in [-0.2, -0.15) is 4.99 Å². The van der Waals surface area contributed by atoms with Crippen LogP contribution in [0.4, 0.5) is 16.4 Å². The second-order valence-electron chi connectivity index (χ2n) is 4.52. The average Bonchev–Trinajstić information content (AvgIpc) is 2.89. The molecule has 1 heterocycles. The number of fused-ring (bicyclic) bond motifs is 1. The normalized spacial score (nSPS) is 11.4. The van der Waals surface area contributed by atoms with E-state index in [-0.39, 0.29) is 5.96 Å². The highest BCUT2D eigenvalue weighted by Gasteiger charge is 2.05. The zero-order chi connectivity index (χ0) is 15.4. The molecule has 3 aromatic rings. The van der Waals surface area contributed by atoms with Crippen molar-refractivity contribution in [2.75, 3.05) is 5.32 Å². The van der Waals surface area contributed by atoms with Crippen molar-refractivity contribution < 1.29 is 4.79 Å². The summed E-state index contributed by atoms with van der Waals surface area (Å²) in [6.07, 6.45) is 0. The number of imidazole rings is 1. The zero-order valence-corrected chi connectivity index (χ0v) is 11.6. The number of urea groups is 1. The smallest absolute Gasteiger partial charge is 0.325 e. The summed E-state index contributed by atoms with van der Waals surface area (Å²) < 4.78 is 0. The number of rotatable bonds is 2. The molecule has 1 aromatic heterocycles. The minimum absolute atomic E-state index is 0.0486. The minimum atomic E-state index is -0.469. The lowest BCUT2D eigenvalue weighted by Crippen LogP contribution is -2.39. The summed E-state index contributed by atoms with van der Waals surface area (Å²) in [5.41, 5.74) is 7.99. The van der Waals surface area contributed by atoms with Crippen molar-refractivity contribution >= 4 is 34.7 Å². The Morgan fingerprint density at radius 2 is 1.82 bits per heavy atom. The van der Waals surface area contributed by atoms with Crippen LogP contribution in [-0.4, -0.2) is 22.0 Å². The van der Waals surface area contributed by atoms with E-state index in [0.29, 0.717) is 11.6 Å². The van der Waals surface area contributed by atoms with Gasteiger partial charge in [0.2, 0.25) is 11.9 Å². The van der Waals surface area contributed by atoms with E-state index >= 15 is 0 Å². The van der Waals surface area contributed by atoms with E-state index in [9.17, 15) is 4.79 Å². The number of anilines is 1. The molecule has 3 rings (SSSR count). The lowest BCUT2D eigenvalue weighted by atomic mass is 10.3. The van der Waals surface area contributed by atoms with Gasteiger partial charge in [0.15, 0.2) is 0 Å². The molecule has 7 heteroatoms. The van der Waals surface area contributed by atoms with Gasteiger partial charge < -0.3 is 16.0 Å². The average molecular weight is 294 g/mol. The maximum Gasteiger partial charge on any atom is 0.325 e. The number of hydrogen-bond acceptors (Lipinski definition) is 3. The van der Waals surface area contributed by atoms with Crippen molar-refractivity contribution in [1.29, 1.82) is 0 Å². The van der Waals surface area contributed by atoms with Crippen LogP contribution in [0, 0.1) is 0 Å². The SMILES string of the molecule is N/C(=N\c1nc2ccccc2[nH]1)NC(=O)Nc1ccccc1. The molecule has 110 valence electrons. The second kappa shape index (κ2) is 5.96. The number of nitrogens with zero attached hydrogens (tertiary/aromatic N) is 2. The van der Waals surface area contributed by atoms with Crippen LogP contribution >= 0.6 is 0 Å². The highest BCUT2D eigenvalue weighted by Crippen LogP contribution is 2.15. The number of nitrogens with one attached hydrogen (secondary N) is 3. The second-order valence-corrected chi connectivity index (χ2v) is 4.52. The minimum Gasteiger partial charge on any atom is -0.369 e. The van der Waals surface area contributed by atoms with Crippen molar-refractivity contribution in [3.63, 3.8) is 0 Å². The Bertz CT molecular complexity index is 791. The number of guanidine groups is 1. The molecule has 0 saturated heterocycles. The van der Waals surface area contributed by atoms with Gasteiger partial charge in [-0.1, -0.05) is 30.3 Å². The van der Waals surface area contributed by atoms with Crippen LogP contribution in [0.3, 0.4) is 0 Å². The van der Waals surface area contributed by atoms with Crippen LogP contribution in [0.2, 0.25) is 0 Å². The van der Waals surface area contributed by atoms with Gasteiger partial charge in [-0.3, -0.25) is 5.32 Å². The molecule has 0 aliphatic heterocycles. The quantitative estimate of drug-likeness (QED) is 0.430. The number of nitrogens with two attached hydrogens (primary N) is 1. The number of para-hydroxylation sites is 3. The molecule has 7 nitrogen and oxygen atoms in total. The molecule has 22 heavy (non-hydrogen) atoms. The number of H-pyrrole nitrogens is 1. The van der Waals surface area contributed by atoms with Gasteiger partial charge in [0.25, 0.3) is 0 Å². The van der Waals surface area contributed by atoms with Crippen molar-refractivity contribution in [3.8, 4) is 0 Å². The molecular weight excluding hydrogens is 280 g/mol. The molecule has 5 N–H and O–H groups in total. The molecule has 0 radical (unpaired) electrons. The van der Waals surface area contributed by atoms with E-state index in [0.717, 1.165) is 11.0 Å². The third-order valence-electron chi connectivity index (χ3n) is 2.88. The number of carbonyl (C=O) groups excluding carboxylic acids is 1. The molecular formula is C15H14N6O. The maximum absolute atomic E-state index is 11.8. The molecule has 0 aliphatic rings. The van der Waals surface area contributed by atoms with Crippen LogP contribution in [0.1, 0.15) is 0 Å². The maximum atomic E-state index is 11.8. The number of amides is 2. The Morgan fingerprint density at radius 1 is 1.09 bits per heavy atom. The third kappa shape index (κ3) is 3.21. The topological polar surface area (TPSA) is 108 Å². The van der Waals surface area contributed by atoms with Crippen LogP contribution < -0.4 is 16.4 Å². The molecule has 2 amide bonds. The first-order valence-corrected chi connectivity index (χ1v) is 6.63. The van der Waals surface area contributed by atoms with Crippen molar-refractivity contribution in [2.45, 2.75) is 0 Å². The van der Waals surface area contributed by atoms with Gasteiger partial charge in [0, 0.05) is 5.69 Å². The summed E-state index contributed by atoms with van der Waals surface area (Å²) in [6.45, 7) is 0. The van der Waals surface area contributed by atoms with Gasteiger partial charge in [-0.25, -0.2) is 9.78 Å². The largest absolute Gasteiger partial charge is 0.369 e. The molecule has 0 atom stereocenters. The van der Waals surface area contributed by atoms with E-state index in [2.05, 4.69) is 25.6 Å². The molecule has 0 spiro atoms. The van der Waals surface area contributed by atoms with Crippen LogP contribution in [0.5, 0.6) is 0 Å². The standard InChI is InChI=1S/C15H14N6O/c16-13(21-15(22)17-10-6-2-1-3-7-10)20-14-18-11-8-4-5-9-12(11)19-14/h1-9H,(H5,16,17,18,19,20,21,22). The summed E-state index contributed by atoms with van der Waals surface area (Å²) in [4.78, 5) is 23.1. The van der Waals surface area contributed by atoms with Crippen LogP contribution in [-0.2, 0) is 0 Å². The predicted octanol–water partition coefficient (Wildman–Crippen LogP) is 2.33. The number of aromatic nitrogens is 2. The molecule has 0 bridgehead atoms. The first-order chi connectivity index (χ1) is 10.7. The monoisotopic (exact) mass is 294 g/mol. The van der Waals surface area contributed by atoms with Crippen LogP contribution in [0.25, 0.3) is 11.0 Å². The lowest BCUT2D eigenvalue weighted by Gasteiger charge is -2.05. The van der Waals surface area contributed by atoms with Crippen molar-refractivity contribution in [1.82, 2.24) is 15.3 Å². The molecule has 2 aromatic carbocycles. The Labute approximate surface area is 126 Å². The number of hydrogen-bond donors (Lipinski definition) is 4. The van der Waals surface area contributed by atoms with Gasteiger partial charge in [0.05, 0.1) is 11.0 Å². The van der Waals surface area contributed by atoms with Gasteiger partial charge in [0.1, 0.15) is 0 Å². The summed E-state index contributed by atoms with van der Waals surface area (Å²) in [5.74, 6) is 0.284. The lowest BCUT2D eigenvalue weighted by molar-refractivity contribution is 0.256. The summed E-state index contributed by atoms with van der Waals surface area (Å²) in [6, 6.07) is 16.1. The van der Waals surface area contributed by atoms with Crippen LogP contribution in [0.15, 0.2) is 59.6 Å². The summed E-state index contributed by atoms with van der Waals surface area (Å²) in [5, 5.41) is 5.08. The van der Waals surface area contributed by atoms with E-state index in [1.54, 1.807) is 12.1 Å². The Morgan fingerprint density at radius 3 is 2.59 bits per heavy atom. The number of carbonyl (C=O) groups is 1. The van der Waals surface area contributed by atoms with Crippen molar-refractivity contribution in [2.24, 2.45) is 10.7 Å². The number of aliphatic imine (C=N–C) groups is 1. The molecule has 0 saturated carbocycles. The summed E-state index contributed by atoms with van der Waals surface area (Å²) in [7, 11) is 0. The van der Waals surface area contributed by atoms with E-state index in [4.69, 9.17) is 5.73 Å². The Kier molecular flexibility index (Phi) is 3.69. The first-order valence-electron chi connectivity index (χ1n) is 6.63. The highest BCUT2D eigenvalue weighted by atomic mass is 16.2. The first kappa shape index (κ1) is 13.6. The van der Waals surface area contributed by atoms with Gasteiger partial charge >= 0.3 is 6.03 Å². The van der Waals surface area contributed by atoms with E-state index in [1.807, 2.05) is 42.5 Å². The van der Waals surface area contributed by atoms with E-state index < -0.39 is 6.03 Å². The zero-order valence-electron chi connectivity index (χ0n) is 11.6. The Hall–Kier alpha value is -3.35. The molecule has 0 fully saturated rings. The molecule has 0 aliphatic carbocycles. The van der Waals surface area contributed by atoms with E-state index in [1.165, 1.54) is 0 Å². The summed E-state index contributed by atoms with van der Waals surface area (Å²) >= 11 is 0. The molecule has 0 unspecified atom stereocenters. The number of benzene rings is 2. The predicted molar refractivity (Wildman–Crippen MR) is 86.0 cm³/mol. The third-order valence-corrected chi connectivity index (χ3v) is 2.88. The Balaban J connectivity index is 1.68. The van der Waals surface area contributed by atoms with Gasteiger partial charge in [-0.05, 0) is 24.3 Å². The van der Waals surface area contributed by atoms with Crippen molar-refractivity contribution in [3.05, 3.63) is 54.6 Å².